The molecule has 0 aliphatic heterocycles. The van der Waals surface area contributed by atoms with Gasteiger partial charge in [-0.1, -0.05) is 267 Å². The second-order valence-electron chi connectivity index (χ2n) is 18.0. The first-order chi connectivity index (χ1) is 23.3. The normalized spacial score (nSPS) is 12.5. The van der Waals surface area contributed by atoms with Gasteiger partial charge in [-0.15, -0.1) is 33.2 Å². The number of rotatable bonds is 34. The third kappa shape index (κ3) is 43.6. The highest BCUT2D eigenvalue weighted by molar-refractivity contribution is 7.64. The van der Waals surface area contributed by atoms with Crippen molar-refractivity contribution in [3.05, 3.63) is 0 Å². The average molecular weight is 785 g/mol. The smallest absolute Gasteiger partial charge is 0.126 e. The molecule has 49 heavy (non-hydrogen) atoms. The Labute approximate surface area is 329 Å². The van der Waals surface area contributed by atoms with E-state index in [1.807, 2.05) is 0 Å². The van der Waals surface area contributed by atoms with Gasteiger partial charge in [-0.05, 0) is 16.1 Å². The van der Waals surface area contributed by atoms with E-state index in [9.17, 15) is 0 Å². The highest BCUT2D eigenvalue weighted by atomic mass is 35.8. The van der Waals surface area contributed by atoms with E-state index in [-0.39, 0.29) is 0 Å². The first kappa shape index (κ1) is 52.4. The Morgan fingerprint density at radius 3 is 0.735 bits per heavy atom. The zero-order chi connectivity index (χ0) is 37.1. The van der Waals surface area contributed by atoms with Crippen molar-refractivity contribution in [1.82, 2.24) is 0 Å². The number of hydrogen-bond acceptors (Lipinski definition) is 0. The summed E-state index contributed by atoms with van der Waals surface area (Å²) in [6, 6.07) is 0.0289. The first-order valence-electron chi connectivity index (χ1n) is 22.3. The molecular weight excluding hydrogens is 691 g/mol. The Morgan fingerprint density at radius 2 is 0.531 bits per heavy atom. The number of hydrogen-bond donors (Lipinski definition) is 0. The molecule has 0 rings (SSSR count). The predicted molar refractivity (Wildman–Crippen MR) is 239 cm³/mol. The summed E-state index contributed by atoms with van der Waals surface area (Å²) in [5.41, 5.74) is 0. The van der Waals surface area contributed by atoms with Crippen molar-refractivity contribution in [2.75, 3.05) is 0 Å². The summed E-state index contributed by atoms with van der Waals surface area (Å²) in [7, 11) is -0.703. The largest absolute Gasteiger partial charge is 0.341 e. The molecule has 0 unspecified atom stereocenters. The molecule has 298 valence electrons. The molecule has 0 spiro atoms. The zero-order valence-corrected chi connectivity index (χ0v) is 39.7. The third-order valence-electron chi connectivity index (χ3n) is 10.8. The van der Waals surface area contributed by atoms with E-state index in [1.165, 1.54) is 199 Å². The van der Waals surface area contributed by atoms with E-state index in [4.69, 9.17) is 33.2 Å². The fraction of sp³-hybridized carbons (Fsp3) is 1.00. The van der Waals surface area contributed by atoms with Gasteiger partial charge in [0.05, 0.1) is 0 Å². The van der Waals surface area contributed by atoms with Gasteiger partial charge in [0.1, 0.15) is 0 Å². The van der Waals surface area contributed by atoms with Crippen molar-refractivity contribution in [2.45, 2.75) is 283 Å². The van der Waals surface area contributed by atoms with E-state index < -0.39 is 14.8 Å². The Balaban J connectivity index is 0. The van der Waals surface area contributed by atoms with Gasteiger partial charge in [0, 0.05) is 8.80 Å². The predicted octanol–water partition coefficient (Wildman–Crippen LogP) is 19.0. The summed E-state index contributed by atoms with van der Waals surface area (Å²) < 4.78 is 0. The summed E-state index contributed by atoms with van der Waals surface area (Å²) in [5, 5.41) is 1.15. The fourth-order valence-electron chi connectivity index (χ4n) is 7.94. The zero-order valence-electron chi connectivity index (χ0n) is 35.3. The molecule has 5 heteroatoms. The lowest BCUT2D eigenvalue weighted by Crippen LogP contribution is -2.34. The summed E-state index contributed by atoms with van der Waals surface area (Å²) in [5.74, 6) is 0. The Hall–Kier alpha value is 1.30. The fourth-order valence-corrected chi connectivity index (χ4v) is 14.8. The summed E-state index contributed by atoms with van der Waals surface area (Å²) in [4.78, 5) is 0. The van der Waals surface area contributed by atoms with Crippen LogP contribution in [0, 0.1) is 0 Å². The second kappa shape index (κ2) is 36.3. The molecule has 0 bridgehead atoms. The topological polar surface area (TPSA) is 0 Å². The molecule has 0 heterocycles. The average Bonchev–Trinajstić information content (AvgIpc) is 3.01. The van der Waals surface area contributed by atoms with Crippen molar-refractivity contribution < 1.29 is 0 Å². The standard InChI is InChI=1S/C26H56Si.C18H37Cl3Si/c1-8-9-10-11-12-13-14-15-16-17-18-19-20-21-22-23-24-27(25(2,3)4)26(5,6)7;1-2-3-4-5-6-7-8-9-10-11-12-13-14-15-16-17-18-22(19,20)21/h27H,8-24H2,1-7H3;2-18H2,1H3. The van der Waals surface area contributed by atoms with Gasteiger partial charge in [-0.3, -0.25) is 0 Å². The summed E-state index contributed by atoms with van der Waals surface area (Å²) in [6.45, 7) is 19.5. The molecule has 0 saturated heterocycles. The molecule has 0 aliphatic rings. The van der Waals surface area contributed by atoms with Gasteiger partial charge < -0.3 is 0 Å². The number of unbranched alkanes of at least 4 members (excludes halogenated alkanes) is 30. The molecule has 0 N–H and O–H groups in total. The van der Waals surface area contributed by atoms with Crippen molar-refractivity contribution in [1.29, 1.82) is 0 Å². The van der Waals surface area contributed by atoms with Gasteiger partial charge in [-0.2, -0.15) is 0 Å². The highest BCUT2D eigenvalue weighted by Crippen LogP contribution is 2.44. The Morgan fingerprint density at radius 1 is 0.327 bits per heavy atom. The van der Waals surface area contributed by atoms with E-state index >= 15 is 0 Å². The summed E-state index contributed by atoms with van der Waals surface area (Å²) >= 11 is 17.6. The van der Waals surface area contributed by atoms with Crippen LogP contribution in [0.4, 0.5) is 0 Å². The van der Waals surface area contributed by atoms with Gasteiger partial charge in [0.25, 0.3) is 0 Å². The van der Waals surface area contributed by atoms with Crippen LogP contribution in [-0.4, -0.2) is 14.8 Å². The molecule has 0 aromatic carbocycles. The van der Waals surface area contributed by atoms with E-state index in [2.05, 4.69) is 55.4 Å². The number of halogens is 3. The van der Waals surface area contributed by atoms with Crippen LogP contribution in [0.15, 0.2) is 0 Å². The minimum absolute atomic E-state index is 0.577. The Kier molecular flexibility index (Phi) is 38.8. The molecule has 0 aromatic heterocycles. The van der Waals surface area contributed by atoms with Crippen LogP contribution in [0.1, 0.15) is 261 Å². The maximum atomic E-state index is 5.87. The minimum atomic E-state index is -2.35. The molecule has 0 aliphatic carbocycles. The van der Waals surface area contributed by atoms with Gasteiger partial charge in [-0.25, -0.2) is 0 Å². The van der Waals surface area contributed by atoms with Crippen LogP contribution in [-0.2, 0) is 0 Å². The summed E-state index contributed by atoms with van der Waals surface area (Å²) in [6.07, 6.45) is 45.7. The Bertz CT molecular complexity index is 622. The van der Waals surface area contributed by atoms with Crippen LogP contribution in [0.2, 0.25) is 22.2 Å². The molecule has 0 nitrogen and oxygen atoms in total. The van der Waals surface area contributed by atoms with Crippen LogP contribution in [0.3, 0.4) is 0 Å². The lowest BCUT2D eigenvalue weighted by Gasteiger charge is -2.39. The lowest BCUT2D eigenvalue weighted by molar-refractivity contribution is 0.530. The minimum Gasteiger partial charge on any atom is -0.126 e. The van der Waals surface area contributed by atoms with Crippen molar-refractivity contribution in [2.24, 2.45) is 0 Å². The highest BCUT2D eigenvalue weighted by Gasteiger charge is 2.35. The van der Waals surface area contributed by atoms with Gasteiger partial charge in [0.2, 0.25) is 0 Å². The molecular formula is C44H93Cl3Si2. The molecule has 0 aromatic rings. The van der Waals surface area contributed by atoms with Gasteiger partial charge >= 0.3 is 6.00 Å². The molecule has 0 radical (unpaired) electrons. The lowest BCUT2D eigenvalue weighted by atomic mass is 10.0. The molecule has 0 amide bonds. The van der Waals surface area contributed by atoms with E-state index in [0.29, 0.717) is 10.1 Å². The maximum absolute atomic E-state index is 5.87. The monoisotopic (exact) mass is 783 g/mol. The maximum Gasteiger partial charge on any atom is 0.341 e. The van der Waals surface area contributed by atoms with E-state index in [0.717, 1.165) is 12.5 Å². The van der Waals surface area contributed by atoms with E-state index in [1.54, 1.807) is 6.04 Å². The van der Waals surface area contributed by atoms with Crippen LogP contribution < -0.4 is 0 Å². The quantitative estimate of drug-likeness (QED) is 0.0346. The third-order valence-corrected chi connectivity index (χ3v) is 18.5. The molecule has 0 saturated carbocycles. The van der Waals surface area contributed by atoms with Crippen LogP contribution >= 0.6 is 33.2 Å². The van der Waals surface area contributed by atoms with Crippen molar-refractivity contribution in [3.63, 3.8) is 0 Å². The molecule has 0 fully saturated rings. The van der Waals surface area contributed by atoms with Crippen LogP contribution in [0.25, 0.3) is 0 Å². The van der Waals surface area contributed by atoms with Gasteiger partial charge in [0.15, 0.2) is 0 Å². The van der Waals surface area contributed by atoms with Crippen molar-refractivity contribution in [3.8, 4) is 0 Å². The molecule has 0 atom stereocenters. The van der Waals surface area contributed by atoms with Crippen LogP contribution in [0.5, 0.6) is 0 Å². The van der Waals surface area contributed by atoms with Crippen molar-refractivity contribution >= 4 is 48.0 Å². The second-order valence-corrected chi connectivity index (χ2v) is 32.5. The first-order valence-corrected chi connectivity index (χ1v) is 29.5. The SMILES string of the molecule is CCCCCCCCCCCCCCCCCC[SiH](C(C)(C)C)C(C)(C)C.CCCCCCCCCCCCCCCCCC[Si](Cl)(Cl)Cl.